The predicted octanol–water partition coefficient (Wildman–Crippen LogP) is 4.50. The van der Waals surface area contributed by atoms with Gasteiger partial charge in [0.2, 0.25) is 5.91 Å². The maximum atomic E-state index is 13.6. The number of carbonyl (C=O) groups excluding carboxylic acids is 1. The highest BCUT2D eigenvalue weighted by Gasteiger charge is 2.30. The number of hydrogen-bond acceptors (Lipinski definition) is 3. The third-order valence-electron chi connectivity index (χ3n) is 5.65. The molecule has 1 aliphatic carbocycles. The molecular weight excluding hydrogens is 478 g/mol. The highest BCUT2D eigenvalue weighted by atomic mass is 79.9. The molecule has 3 N–H and O–H groups in total. The van der Waals surface area contributed by atoms with E-state index in [2.05, 4.69) is 44.8 Å². The standard InChI is InChI=1S/C25H23BrF2N2O2/c1-14(31)30-23(10-15-8-17(27)12-18(28)9-15)24(32)13-29-25-21-5-3-2-4-19(21)20-7-6-16(26)11-22(20)25/h2-9,11-12,23-25,29,32H,10,13H2,1H3,(H,30,31)/t23-,24-,25?/m0/s1. The van der Waals surface area contributed by atoms with E-state index in [0.717, 1.165) is 32.8 Å². The van der Waals surface area contributed by atoms with Crippen LogP contribution in [0.2, 0.25) is 0 Å². The maximum absolute atomic E-state index is 13.6. The normalized spacial score (nSPS) is 16.2. The highest BCUT2D eigenvalue weighted by Crippen LogP contribution is 2.44. The number of hydrogen-bond donors (Lipinski definition) is 3. The molecule has 3 aromatic rings. The van der Waals surface area contributed by atoms with Gasteiger partial charge in [0.05, 0.1) is 18.2 Å². The van der Waals surface area contributed by atoms with Crippen molar-refractivity contribution in [3.63, 3.8) is 0 Å². The van der Waals surface area contributed by atoms with Crippen LogP contribution in [-0.2, 0) is 11.2 Å². The fourth-order valence-electron chi connectivity index (χ4n) is 4.31. The Kier molecular flexibility index (Phi) is 6.69. The molecule has 3 aromatic carbocycles. The molecule has 0 saturated carbocycles. The SMILES string of the molecule is CC(=O)N[C@@H](Cc1cc(F)cc(F)c1)[C@@H](O)CNC1c2ccccc2-c2ccc(Br)cc21. The van der Waals surface area contributed by atoms with Gasteiger partial charge in [0.1, 0.15) is 11.6 Å². The Morgan fingerprint density at radius 2 is 1.72 bits per heavy atom. The summed E-state index contributed by atoms with van der Waals surface area (Å²) in [6.45, 7) is 1.52. The third-order valence-corrected chi connectivity index (χ3v) is 6.14. The lowest BCUT2D eigenvalue weighted by molar-refractivity contribution is -0.120. The molecule has 0 bridgehead atoms. The van der Waals surface area contributed by atoms with Crippen molar-refractivity contribution in [1.82, 2.24) is 10.6 Å². The van der Waals surface area contributed by atoms with Crippen molar-refractivity contribution < 1.29 is 18.7 Å². The van der Waals surface area contributed by atoms with E-state index < -0.39 is 23.8 Å². The Balaban J connectivity index is 1.53. The van der Waals surface area contributed by atoms with Crippen molar-refractivity contribution >= 4 is 21.8 Å². The Morgan fingerprint density at radius 3 is 2.44 bits per heavy atom. The first-order valence-corrected chi connectivity index (χ1v) is 11.1. The molecule has 7 heteroatoms. The van der Waals surface area contributed by atoms with Gasteiger partial charge in [-0.25, -0.2) is 8.78 Å². The fourth-order valence-corrected chi connectivity index (χ4v) is 4.69. The van der Waals surface area contributed by atoms with Gasteiger partial charge in [-0.1, -0.05) is 46.3 Å². The number of benzene rings is 3. The summed E-state index contributed by atoms with van der Waals surface area (Å²) in [5.41, 5.74) is 4.83. The van der Waals surface area contributed by atoms with Gasteiger partial charge < -0.3 is 15.7 Å². The largest absolute Gasteiger partial charge is 0.390 e. The summed E-state index contributed by atoms with van der Waals surface area (Å²) in [6.07, 6.45) is -0.880. The zero-order chi connectivity index (χ0) is 22.8. The molecular formula is C25H23BrF2N2O2. The topological polar surface area (TPSA) is 61.4 Å². The minimum atomic E-state index is -0.978. The molecule has 0 heterocycles. The second-order valence-electron chi connectivity index (χ2n) is 8.02. The van der Waals surface area contributed by atoms with Gasteiger partial charge in [-0.15, -0.1) is 0 Å². The van der Waals surface area contributed by atoms with E-state index in [1.807, 2.05) is 24.3 Å². The lowest BCUT2D eigenvalue weighted by Gasteiger charge is -2.26. The molecule has 0 fully saturated rings. The van der Waals surface area contributed by atoms with Crippen molar-refractivity contribution in [2.24, 2.45) is 0 Å². The number of rotatable bonds is 7. The van der Waals surface area contributed by atoms with Crippen molar-refractivity contribution in [1.29, 1.82) is 0 Å². The summed E-state index contributed by atoms with van der Waals surface area (Å²) in [5.74, 6) is -1.72. The van der Waals surface area contributed by atoms with Gasteiger partial charge in [-0.05, 0) is 58.5 Å². The minimum Gasteiger partial charge on any atom is -0.390 e. The maximum Gasteiger partial charge on any atom is 0.217 e. The molecule has 0 radical (unpaired) electrons. The lowest BCUT2D eigenvalue weighted by atomic mass is 9.99. The minimum absolute atomic E-state index is 0.0977. The first kappa shape index (κ1) is 22.6. The number of fused-ring (bicyclic) bond motifs is 3. The molecule has 1 amide bonds. The van der Waals surface area contributed by atoms with Gasteiger partial charge in [0.25, 0.3) is 0 Å². The van der Waals surface area contributed by atoms with E-state index in [1.165, 1.54) is 19.1 Å². The second kappa shape index (κ2) is 9.48. The van der Waals surface area contributed by atoms with E-state index in [1.54, 1.807) is 0 Å². The third kappa shape index (κ3) is 4.90. The number of carbonyl (C=O) groups is 1. The number of halogens is 3. The van der Waals surface area contributed by atoms with Crippen LogP contribution in [0.15, 0.2) is 65.1 Å². The molecule has 4 rings (SSSR count). The summed E-state index contributed by atoms with van der Waals surface area (Å²) in [7, 11) is 0. The van der Waals surface area contributed by atoms with Crippen molar-refractivity contribution in [2.45, 2.75) is 31.5 Å². The Labute approximate surface area is 193 Å². The molecule has 0 aliphatic heterocycles. The number of aliphatic hydroxyl groups excluding tert-OH is 1. The molecule has 0 aromatic heterocycles. The predicted molar refractivity (Wildman–Crippen MR) is 123 cm³/mol. The number of amides is 1. The second-order valence-corrected chi connectivity index (χ2v) is 8.93. The average molecular weight is 501 g/mol. The van der Waals surface area contributed by atoms with Gasteiger partial charge in [0.15, 0.2) is 0 Å². The van der Waals surface area contributed by atoms with Crippen LogP contribution in [0.1, 0.15) is 29.7 Å². The molecule has 32 heavy (non-hydrogen) atoms. The first-order chi connectivity index (χ1) is 15.3. The van der Waals surface area contributed by atoms with Crippen molar-refractivity contribution in [3.8, 4) is 11.1 Å². The summed E-state index contributed by atoms with van der Waals surface area (Å²) >= 11 is 3.53. The fraction of sp³-hybridized carbons (Fsp3) is 0.240. The molecule has 1 aliphatic rings. The van der Waals surface area contributed by atoms with Crippen molar-refractivity contribution in [3.05, 3.63) is 93.5 Å². The quantitative estimate of drug-likeness (QED) is 0.447. The molecule has 0 spiro atoms. The van der Waals surface area contributed by atoms with Crippen LogP contribution in [0.5, 0.6) is 0 Å². The van der Waals surface area contributed by atoms with E-state index in [9.17, 15) is 18.7 Å². The van der Waals surface area contributed by atoms with Crippen LogP contribution in [0.25, 0.3) is 11.1 Å². The summed E-state index contributed by atoms with van der Waals surface area (Å²) < 4.78 is 28.2. The van der Waals surface area contributed by atoms with Crippen LogP contribution >= 0.6 is 15.9 Å². The molecule has 166 valence electrons. The zero-order valence-corrected chi connectivity index (χ0v) is 19.0. The summed E-state index contributed by atoms with van der Waals surface area (Å²) in [5, 5.41) is 17.0. The van der Waals surface area contributed by atoms with E-state index in [0.29, 0.717) is 5.56 Å². The first-order valence-electron chi connectivity index (χ1n) is 10.3. The van der Waals surface area contributed by atoms with Crippen molar-refractivity contribution in [2.75, 3.05) is 6.54 Å². The van der Waals surface area contributed by atoms with E-state index in [-0.39, 0.29) is 24.9 Å². The van der Waals surface area contributed by atoms with Gasteiger partial charge in [-0.2, -0.15) is 0 Å². The van der Waals surface area contributed by atoms with Crippen LogP contribution in [0.3, 0.4) is 0 Å². The Bertz CT molecular complexity index is 1130. The monoisotopic (exact) mass is 500 g/mol. The molecule has 0 saturated heterocycles. The average Bonchev–Trinajstić information content (AvgIpc) is 3.03. The molecule has 3 atom stereocenters. The summed E-state index contributed by atoms with van der Waals surface area (Å²) in [6, 6.07) is 16.6. The number of nitrogens with one attached hydrogen (secondary N) is 2. The Morgan fingerprint density at radius 1 is 1.03 bits per heavy atom. The van der Waals surface area contributed by atoms with Gasteiger partial charge >= 0.3 is 0 Å². The Hall–Kier alpha value is -2.61. The zero-order valence-electron chi connectivity index (χ0n) is 17.4. The van der Waals surface area contributed by atoms with Crippen LogP contribution < -0.4 is 10.6 Å². The van der Waals surface area contributed by atoms with Gasteiger partial charge in [0, 0.05) is 24.0 Å². The van der Waals surface area contributed by atoms with E-state index in [4.69, 9.17) is 0 Å². The molecule has 4 nitrogen and oxygen atoms in total. The smallest absolute Gasteiger partial charge is 0.217 e. The van der Waals surface area contributed by atoms with Crippen LogP contribution in [0.4, 0.5) is 8.78 Å². The van der Waals surface area contributed by atoms with Gasteiger partial charge in [-0.3, -0.25) is 4.79 Å². The molecule has 1 unspecified atom stereocenters. The van der Waals surface area contributed by atoms with Crippen LogP contribution in [-0.4, -0.2) is 29.7 Å². The van der Waals surface area contributed by atoms with Crippen LogP contribution in [0, 0.1) is 11.6 Å². The lowest BCUT2D eigenvalue weighted by Crippen LogP contribution is -2.48. The highest BCUT2D eigenvalue weighted by molar-refractivity contribution is 9.10. The summed E-state index contributed by atoms with van der Waals surface area (Å²) in [4.78, 5) is 11.7. The number of aliphatic hydroxyl groups is 1. The van der Waals surface area contributed by atoms with E-state index >= 15 is 0 Å².